The second-order valence-electron chi connectivity index (χ2n) is 10.6. The second kappa shape index (κ2) is 13.2. The van der Waals surface area contributed by atoms with Crippen LogP contribution in [0.5, 0.6) is 0 Å². The number of fused-ring (bicyclic) bond motifs is 2. The van der Waals surface area contributed by atoms with Gasteiger partial charge in [0.25, 0.3) is 0 Å². The molecule has 0 saturated carbocycles. The van der Waals surface area contributed by atoms with Crippen molar-refractivity contribution in [1.29, 1.82) is 0 Å². The van der Waals surface area contributed by atoms with E-state index in [0.29, 0.717) is 24.0 Å². The van der Waals surface area contributed by atoms with E-state index in [1.807, 2.05) is 0 Å². The van der Waals surface area contributed by atoms with Crippen LogP contribution in [0.3, 0.4) is 0 Å². The predicted molar refractivity (Wildman–Crippen MR) is 138 cm³/mol. The first-order valence-corrected chi connectivity index (χ1v) is 14.7. The number of carbonyl (C=O) groups is 1. The van der Waals surface area contributed by atoms with E-state index >= 15 is 0 Å². The second-order valence-corrected chi connectivity index (χ2v) is 13.9. The number of anilines is 2. The number of hydrogen-bond donors (Lipinski definition) is 2. The van der Waals surface area contributed by atoms with Gasteiger partial charge in [-0.15, -0.1) is 0 Å². The zero-order valence-electron chi connectivity index (χ0n) is 23.7. The molecule has 194 valence electrons. The molecule has 4 rings (SSSR count). The van der Waals surface area contributed by atoms with E-state index in [4.69, 9.17) is 0 Å². The Bertz CT molecular complexity index is 1440. The summed E-state index contributed by atoms with van der Waals surface area (Å²) in [6, 6.07) is 10.8. The quantitative estimate of drug-likeness (QED) is 0.325. The fourth-order valence-corrected chi connectivity index (χ4v) is 6.13. The Morgan fingerprint density at radius 2 is 1.69 bits per heavy atom. The zero-order valence-corrected chi connectivity index (χ0v) is 31.3. The Balaban J connectivity index is 0.00000253. The monoisotopic (exact) mass is 599 g/mol. The van der Waals surface area contributed by atoms with Crippen LogP contribution in [0.2, 0.25) is 0 Å². The molecule has 2 aromatic carbocycles. The number of nitrogens with one attached hydrogen (secondary N) is 2. The van der Waals surface area contributed by atoms with Gasteiger partial charge < -0.3 is 30.3 Å². The van der Waals surface area contributed by atoms with E-state index in [1.165, 1.54) is 12.1 Å². The van der Waals surface area contributed by atoms with Gasteiger partial charge in [0.2, 0.25) is 10.0 Å². The summed E-state index contributed by atoms with van der Waals surface area (Å²) in [5.41, 5.74) is -0.347. The topological polar surface area (TPSA) is 157 Å². The van der Waals surface area contributed by atoms with Crippen molar-refractivity contribution in [3.05, 3.63) is 59.2 Å². The van der Waals surface area contributed by atoms with Crippen LogP contribution in [-0.2, 0) is 20.2 Å². The van der Waals surface area contributed by atoms with Crippen molar-refractivity contribution in [2.75, 3.05) is 16.3 Å². The Kier molecular flexibility index (Phi) is 12.6. The van der Waals surface area contributed by atoms with Gasteiger partial charge in [-0.1, -0.05) is 50.8 Å². The standard InChI is InChI=1S/C25H31N3O6S2.3Na/c1-24(2,3)12-13-25(4)17-9-7-6-8-16(17)21(29)20(22(25)30)23-26-18-11-10-15(27-35(5,31)32)14-19(18)36(33,34)28-23;;;/h6-11,14,27,29,33-34H,12-13H2,1-5H3,(H,26,28);;;/q;3*+1/p-3. The summed E-state index contributed by atoms with van der Waals surface area (Å²) in [6.07, 6.45) is 2.10. The molecule has 2 N–H and O–H groups in total. The number of carbonyl (C=O) groups excluding carboxylic acids is 1. The van der Waals surface area contributed by atoms with E-state index in [0.717, 1.165) is 12.3 Å². The SMILES string of the molecule is CC(C)(C)CCC1(C)C(=O)C(C2=NS([O-])([O-])c3cc(NS(C)(=O)=O)ccc3N2)=C([O-])c2ccccc21.[Na+].[Na+].[Na+]. The van der Waals surface area contributed by atoms with E-state index in [-0.39, 0.29) is 122 Å². The Labute approximate surface area is 298 Å². The molecule has 1 heterocycles. The molecule has 1 aliphatic heterocycles. The molecule has 0 saturated heterocycles. The molecule has 0 spiro atoms. The van der Waals surface area contributed by atoms with Gasteiger partial charge in [0.05, 0.1) is 28.6 Å². The molecular formula is C25H28N3Na3O6S2. The third-order valence-electron chi connectivity index (χ3n) is 6.36. The van der Waals surface area contributed by atoms with Gasteiger partial charge in [-0.2, -0.15) is 0 Å². The number of hydrogen-bond acceptors (Lipinski definition) is 8. The van der Waals surface area contributed by atoms with Crippen LogP contribution in [0.15, 0.2) is 57.3 Å². The van der Waals surface area contributed by atoms with Gasteiger partial charge in [0, 0.05) is 4.90 Å². The van der Waals surface area contributed by atoms with Gasteiger partial charge in [-0.3, -0.25) is 9.52 Å². The van der Waals surface area contributed by atoms with Crippen LogP contribution in [0.25, 0.3) is 5.76 Å². The molecule has 0 fully saturated rings. The summed E-state index contributed by atoms with van der Waals surface area (Å²) in [4.78, 5) is 13.6. The van der Waals surface area contributed by atoms with Crippen molar-refractivity contribution < 1.29 is 116 Å². The summed E-state index contributed by atoms with van der Waals surface area (Å²) in [5, 5.41) is 16.3. The molecule has 14 heteroatoms. The molecule has 2 aliphatic rings. The van der Waals surface area contributed by atoms with Crippen molar-refractivity contribution in [3.63, 3.8) is 0 Å². The predicted octanol–water partition coefficient (Wildman–Crippen LogP) is -5.33. The average molecular weight is 600 g/mol. The van der Waals surface area contributed by atoms with Crippen LogP contribution in [-0.4, -0.2) is 35.4 Å². The third-order valence-corrected chi connectivity index (χ3v) is 8.28. The van der Waals surface area contributed by atoms with Crippen molar-refractivity contribution in [2.24, 2.45) is 9.81 Å². The first kappa shape index (κ1) is 37.2. The van der Waals surface area contributed by atoms with E-state index in [1.54, 1.807) is 31.2 Å². The number of ketones is 1. The van der Waals surface area contributed by atoms with Crippen LogP contribution in [0.4, 0.5) is 11.4 Å². The number of benzene rings is 2. The molecule has 2 aromatic rings. The fraction of sp³-hybridized carbons (Fsp3) is 0.360. The minimum absolute atomic E-state index is 0. The number of nitrogens with zero attached hydrogens (tertiary/aromatic N) is 1. The third kappa shape index (κ3) is 7.95. The van der Waals surface area contributed by atoms with Crippen LogP contribution < -0.4 is 104 Å². The van der Waals surface area contributed by atoms with Crippen LogP contribution in [0.1, 0.15) is 51.7 Å². The summed E-state index contributed by atoms with van der Waals surface area (Å²) in [6.45, 7) is 7.97. The number of Topliss-reactive ketones (excluding diaryl/α,β-unsaturated/α-hetero) is 1. The van der Waals surface area contributed by atoms with Crippen molar-refractivity contribution in [1.82, 2.24) is 0 Å². The molecule has 1 unspecified atom stereocenters. The average Bonchev–Trinajstić information content (AvgIpc) is 2.75. The smallest absolute Gasteiger partial charge is 0.871 e. The van der Waals surface area contributed by atoms with Crippen molar-refractivity contribution >= 4 is 49.6 Å². The molecule has 1 aliphatic carbocycles. The Hall–Kier alpha value is 0.140. The maximum Gasteiger partial charge on any atom is 1.00 e. The van der Waals surface area contributed by atoms with E-state index in [2.05, 4.69) is 35.2 Å². The summed E-state index contributed by atoms with van der Waals surface area (Å²) in [7, 11) is -7.99. The Morgan fingerprint density at radius 1 is 1.08 bits per heavy atom. The molecule has 39 heavy (non-hydrogen) atoms. The number of sulfonamides is 2. The molecule has 0 bridgehead atoms. The number of rotatable bonds is 5. The molecule has 9 nitrogen and oxygen atoms in total. The van der Waals surface area contributed by atoms with Gasteiger partial charge in [0.15, 0.2) is 11.6 Å². The number of amidine groups is 1. The molecule has 1 atom stereocenters. The van der Waals surface area contributed by atoms with Crippen molar-refractivity contribution in [3.8, 4) is 0 Å². The zero-order chi connectivity index (χ0) is 26.7. The molecule has 0 amide bonds. The van der Waals surface area contributed by atoms with Gasteiger partial charge in [-0.05, 0) is 54.5 Å². The normalized spacial score (nSPS) is 20.5. The Morgan fingerprint density at radius 3 is 2.28 bits per heavy atom. The summed E-state index contributed by atoms with van der Waals surface area (Å²) >= 11 is 0. The van der Waals surface area contributed by atoms with Gasteiger partial charge in [-0.25, -0.2) is 12.8 Å². The first-order valence-electron chi connectivity index (χ1n) is 11.3. The fourth-order valence-electron chi connectivity index (χ4n) is 4.43. The molecular weight excluding hydrogens is 571 g/mol. The summed E-state index contributed by atoms with van der Waals surface area (Å²) in [5.74, 6) is -1.42. The minimum atomic E-state index is -4.35. The molecule has 0 aromatic heterocycles. The van der Waals surface area contributed by atoms with Crippen LogP contribution >= 0.6 is 10.8 Å². The first-order chi connectivity index (χ1) is 16.5. The van der Waals surface area contributed by atoms with E-state index in [9.17, 15) is 27.4 Å². The van der Waals surface area contributed by atoms with Gasteiger partial charge >= 0.3 is 88.7 Å². The van der Waals surface area contributed by atoms with E-state index < -0.39 is 37.8 Å². The van der Waals surface area contributed by atoms with Gasteiger partial charge in [0.1, 0.15) is 0 Å². The largest absolute Gasteiger partial charge is 1.00 e. The van der Waals surface area contributed by atoms with Crippen molar-refractivity contribution in [2.45, 2.75) is 50.8 Å². The maximum atomic E-state index is 13.9. The molecule has 0 radical (unpaired) electrons. The summed E-state index contributed by atoms with van der Waals surface area (Å²) < 4.78 is 55.3. The minimum Gasteiger partial charge on any atom is -0.871 e. The maximum absolute atomic E-state index is 13.9. The van der Waals surface area contributed by atoms with Crippen LogP contribution in [0, 0.1) is 5.41 Å².